The predicted octanol–water partition coefficient (Wildman–Crippen LogP) is 3.39. The summed E-state index contributed by atoms with van der Waals surface area (Å²) in [5.74, 6) is -0.725. The van der Waals surface area contributed by atoms with Gasteiger partial charge in [0, 0.05) is 43.2 Å². The van der Waals surface area contributed by atoms with E-state index in [2.05, 4.69) is 25.5 Å². The van der Waals surface area contributed by atoms with Crippen molar-refractivity contribution in [2.24, 2.45) is 7.05 Å². The molecule has 0 aliphatic carbocycles. The molecular weight excluding hydrogens is 423 g/mol. The molecule has 0 fully saturated rings. The highest BCUT2D eigenvalue weighted by Crippen LogP contribution is 2.31. The summed E-state index contributed by atoms with van der Waals surface area (Å²) < 4.78 is 19.9. The number of halogens is 2. The molecule has 0 saturated heterocycles. The van der Waals surface area contributed by atoms with E-state index in [1.165, 1.54) is 24.4 Å². The highest BCUT2D eigenvalue weighted by molar-refractivity contribution is 6.29. The molecule has 1 amide bonds. The van der Waals surface area contributed by atoms with Crippen LogP contribution in [0.1, 0.15) is 28.7 Å². The summed E-state index contributed by atoms with van der Waals surface area (Å²) in [4.78, 5) is 20.8. The van der Waals surface area contributed by atoms with Crippen LogP contribution in [0.5, 0.6) is 0 Å². The molecular formula is C21H18ClFN6O2. The van der Waals surface area contributed by atoms with Crippen LogP contribution in [0.3, 0.4) is 0 Å². The molecule has 0 spiro atoms. The summed E-state index contributed by atoms with van der Waals surface area (Å²) in [6.07, 6.45) is 4.90. The minimum atomic E-state index is -0.692. The van der Waals surface area contributed by atoms with Gasteiger partial charge in [0.15, 0.2) is 11.5 Å². The van der Waals surface area contributed by atoms with E-state index in [0.29, 0.717) is 22.2 Å². The number of carbonyl (C=O) groups is 1. The van der Waals surface area contributed by atoms with E-state index in [1.54, 1.807) is 16.9 Å². The number of nitrogens with zero attached hydrogens (tertiary/aromatic N) is 5. The predicted molar refractivity (Wildman–Crippen MR) is 111 cm³/mol. The van der Waals surface area contributed by atoms with Gasteiger partial charge in [-0.1, -0.05) is 22.8 Å². The lowest BCUT2D eigenvalue weighted by Gasteiger charge is -2.28. The highest BCUT2D eigenvalue weighted by Gasteiger charge is 2.33. The maximum absolute atomic E-state index is 13.0. The van der Waals surface area contributed by atoms with Crippen LogP contribution in [-0.4, -0.2) is 37.4 Å². The normalized spacial score (nSPS) is 13.0. The maximum Gasteiger partial charge on any atom is 0.273 e. The van der Waals surface area contributed by atoms with Gasteiger partial charge in [0.25, 0.3) is 5.91 Å². The Balaban J connectivity index is 1.56. The molecule has 31 heavy (non-hydrogen) atoms. The van der Waals surface area contributed by atoms with Crippen molar-refractivity contribution in [3.05, 3.63) is 83.0 Å². The average Bonchev–Trinajstić information content (AvgIpc) is 3.42. The quantitative estimate of drug-likeness (QED) is 0.461. The summed E-state index contributed by atoms with van der Waals surface area (Å²) in [5, 5.41) is 11.3. The van der Waals surface area contributed by atoms with Gasteiger partial charge in [0.1, 0.15) is 5.15 Å². The number of hydrogen-bond acceptors (Lipinski definition) is 6. The zero-order valence-electron chi connectivity index (χ0n) is 16.7. The van der Waals surface area contributed by atoms with Crippen molar-refractivity contribution in [3.8, 4) is 11.3 Å². The molecule has 0 aliphatic heterocycles. The molecule has 0 radical (unpaired) electrons. The van der Waals surface area contributed by atoms with Crippen molar-refractivity contribution in [2.75, 3.05) is 6.54 Å². The van der Waals surface area contributed by atoms with E-state index in [1.807, 2.05) is 32.3 Å². The molecule has 4 rings (SSSR count). The second-order valence-electron chi connectivity index (χ2n) is 7.21. The number of aryl methyl sites for hydroxylation is 1. The Morgan fingerprint density at radius 3 is 2.81 bits per heavy atom. The summed E-state index contributed by atoms with van der Waals surface area (Å²) in [6, 6.07) is 9.52. The number of pyridine rings is 2. The van der Waals surface area contributed by atoms with Crippen molar-refractivity contribution in [1.82, 2.24) is 30.2 Å². The van der Waals surface area contributed by atoms with Gasteiger partial charge in [-0.15, -0.1) is 0 Å². The van der Waals surface area contributed by atoms with Crippen LogP contribution in [0.4, 0.5) is 4.39 Å². The molecule has 8 nitrogen and oxygen atoms in total. The molecule has 4 heterocycles. The molecule has 1 unspecified atom stereocenters. The van der Waals surface area contributed by atoms with E-state index in [4.69, 9.17) is 16.1 Å². The van der Waals surface area contributed by atoms with Gasteiger partial charge < -0.3 is 9.84 Å². The SMILES string of the molecule is Cn1cc(C(C)(CNC(=O)c2cc(-c3ccc(F)nc3)on2)c2cccc(Cl)n2)cn1. The third-order valence-electron chi connectivity index (χ3n) is 4.98. The van der Waals surface area contributed by atoms with E-state index < -0.39 is 17.3 Å². The summed E-state index contributed by atoms with van der Waals surface area (Å²) in [5.41, 5.74) is 1.46. The lowest BCUT2D eigenvalue weighted by atomic mass is 9.80. The van der Waals surface area contributed by atoms with E-state index in [0.717, 1.165) is 5.56 Å². The Morgan fingerprint density at radius 1 is 1.29 bits per heavy atom. The molecule has 10 heteroatoms. The van der Waals surface area contributed by atoms with Gasteiger partial charge in [-0.05, 0) is 31.2 Å². The smallest absolute Gasteiger partial charge is 0.273 e. The average molecular weight is 441 g/mol. The van der Waals surface area contributed by atoms with Crippen molar-refractivity contribution < 1.29 is 13.7 Å². The Kier molecular flexibility index (Phi) is 5.51. The van der Waals surface area contributed by atoms with Crippen molar-refractivity contribution >= 4 is 17.5 Å². The molecule has 4 aromatic heterocycles. The molecule has 1 atom stereocenters. The standard InChI is InChI=1S/C21H18ClFN6O2/c1-21(14-10-26-29(2)11-14,17-4-3-5-18(22)27-17)12-25-20(30)15-8-16(31-28-15)13-6-7-19(23)24-9-13/h3-11H,12H2,1-2H3,(H,25,30). The third-order valence-corrected chi connectivity index (χ3v) is 5.19. The second-order valence-corrected chi connectivity index (χ2v) is 7.60. The lowest BCUT2D eigenvalue weighted by Crippen LogP contribution is -2.40. The first kappa shape index (κ1) is 20.7. The van der Waals surface area contributed by atoms with Crippen LogP contribution < -0.4 is 5.32 Å². The first-order valence-corrected chi connectivity index (χ1v) is 9.72. The Hall–Kier alpha value is -3.59. The van der Waals surface area contributed by atoms with Crippen molar-refractivity contribution in [2.45, 2.75) is 12.3 Å². The Labute approximate surface area is 182 Å². The first-order valence-electron chi connectivity index (χ1n) is 9.34. The van der Waals surface area contributed by atoms with Crippen LogP contribution in [0.2, 0.25) is 5.15 Å². The maximum atomic E-state index is 13.0. The fourth-order valence-electron chi connectivity index (χ4n) is 3.15. The van der Waals surface area contributed by atoms with E-state index in [-0.39, 0.29) is 12.2 Å². The number of carbonyl (C=O) groups excluding carboxylic acids is 1. The largest absolute Gasteiger partial charge is 0.355 e. The lowest BCUT2D eigenvalue weighted by molar-refractivity contribution is 0.0938. The molecule has 4 aromatic rings. The molecule has 158 valence electrons. The van der Waals surface area contributed by atoms with Gasteiger partial charge >= 0.3 is 0 Å². The Morgan fingerprint density at radius 2 is 2.13 bits per heavy atom. The van der Waals surface area contributed by atoms with Crippen LogP contribution in [0, 0.1) is 5.95 Å². The van der Waals surface area contributed by atoms with Crippen molar-refractivity contribution in [1.29, 1.82) is 0 Å². The van der Waals surface area contributed by atoms with Crippen LogP contribution in [-0.2, 0) is 12.5 Å². The number of rotatable bonds is 6. The van der Waals surface area contributed by atoms with Gasteiger partial charge in [-0.3, -0.25) is 9.48 Å². The van der Waals surface area contributed by atoms with Gasteiger partial charge in [-0.25, -0.2) is 9.97 Å². The summed E-state index contributed by atoms with van der Waals surface area (Å²) >= 11 is 6.10. The number of aromatic nitrogens is 5. The van der Waals surface area contributed by atoms with Crippen molar-refractivity contribution in [3.63, 3.8) is 0 Å². The monoisotopic (exact) mass is 440 g/mol. The topological polar surface area (TPSA) is 98.7 Å². The van der Waals surface area contributed by atoms with E-state index >= 15 is 0 Å². The van der Waals surface area contributed by atoms with Gasteiger partial charge in [0.05, 0.1) is 17.3 Å². The summed E-state index contributed by atoms with van der Waals surface area (Å²) in [6.45, 7) is 2.16. The fourth-order valence-corrected chi connectivity index (χ4v) is 3.31. The zero-order chi connectivity index (χ0) is 22.0. The van der Waals surface area contributed by atoms with Crippen LogP contribution >= 0.6 is 11.6 Å². The molecule has 0 saturated carbocycles. The minimum Gasteiger partial charge on any atom is -0.355 e. The first-order chi connectivity index (χ1) is 14.8. The van der Waals surface area contributed by atoms with Crippen LogP contribution in [0.25, 0.3) is 11.3 Å². The Bertz CT molecular complexity index is 1220. The van der Waals surface area contributed by atoms with E-state index in [9.17, 15) is 9.18 Å². The third kappa shape index (κ3) is 4.31. The second kappa shape index (κ2) is 8.27. The number of hydrogen-bond donors (Lipinski definition) is 1. The zero-order valence-corrected chi connectivity index (χ0v) is 17.5. The fraction of sp³-hybridized carbons (Fsp3) is 0.190. The molecule has 1 N–H and O–H groups in total. The number of amides is 1. The van der Waals surface area contributed by atoms with Gasteiger partial charge in [0.2, 0.25) is 5.95 Å². The summed E-state index contributed by atoms with van der Waals surface area (Å²) in [7, 11) is 1.81. The molecule has 0 aliphatic rings. The minimum absolute atomic E-state index is 0.0897. The molecule has 0 aromatic carbocycles. The highest BCUT2D eigenvalue weighted by atomic mass is 35.5. The van der Waals surface area contributed by atoms with Gasteiger partial charge in [-0.2, -0.15) is 9.49 Å². The molecule has 0 bridgehead atoms. The van der Waals surface area contributed by atoms with Crippen LogP contribution in [0.15, 0.2) is 59.5 Å². The number of nitrogens with one attached hydrogen (secondary N) is 1.